The minimum absolute atomic E-state index is 0.232. The third-order valence-corrected chi connectivity index (χ3v) is 6.70. The highest BCUT2D eigenvalue weighted by atomic mass is 16.5. The molecular formula is C30H38N6O3. The first kappa shape index (κ1) is 28.1. The molecule has 0 atom stereocenters. The Balaban J connectivity index is 1.41. The Kier molecular flexibility index (Phi) is 9.88. The molecule has 1 saturated heterocycles. The number of likely N-dealkylation sites (N-methyl/N-ethyl adjacent to an activating group) is 1. The minimum atomic E-state index is -0.232. The van der Waals surface area contributed by atoms with Crippen LogP contribution in [0.15, 0.2) is 65.8 Å². The fourth-order valence-corrected chi connectivity index (χ4v) is 4.41. The fourth-order valence-electron chi connectivity index (χ4n) is 4.41. The van der Waals surface area contributed by atoms with Crippen LogP contribution in [0, 0.1) is 0 Å². The van der Waals surface area contributed by atoms with E-state index in [4.69, 9.17) is 9.47 Å². The normalized spacial score (nSPS) is 15.0. The predicted molar refractivity (Wildman–Crippen MR) is 157 cm³/mol. The quantitative estimate of drug-likeness (QED) is 0.228. The third-order valence-electron chi connectivity index (χ3n) is 6.70. The van der Waals surface area contributed by atoms with Crippen molar-refractivity contribution in [1.29, 1.82) is 0 Å². The number of hydrogen-bond donors (Lipinski definition) is 2. The Morgan fingerprint density at radius 1 is 1.10 bits per heavy atom. The van der Waals surface area contributed by atoms with Crippen molar-refractivity contribution in [2.24, 2.45) is 4.99 Å². The molecule has 4 rings (SSSR count). The van der Waals surface area contributed by atoms with Crippen molar-refractivity contribution in [3.63, 3.8) is 0 Å². The number of carbonyl (C=O) groups is 1. The number of ether oxygens (including phenoxy) is 2. The Morgan fingerprint density at radius 2 is 1.87 bits per heavy atom. The number of carbonyl (C=O) groups excluding carboxylic acids is 1. The number of piperazine rings is 1. The fraction of sp³-hybridized carbons (Fsp3) is 0.367. The van der Waals surface area contributed by atoms with Crippen molar-refractivity contribution in [3.05, 3.63) is 66.4 Å². The van der Waals surface area contributed by atoms with Gasteiger partial charge in [-0.25, -0.2) is 0 Å². The van der Waals surface area contributed by atoms with Gasteiger partial charge in [-0.05, 0) is 62.9 Å². The maximum absolute atomic E-state index is 12.5. The van der Waals surface area contributed by atoms with Crippen molar-refractivity contribution in [2.45, 2.75) is 13.3 Å². The molecule has 1 aromatic heterocycles. The number of rotatable bonds is 10. The summed E-state index contributed by atoms with van der Waals surface area (Å²) in [5.74, 6) is 2.33. The van der Waals surface area contributed by atoms with Crippen LogP contribution < -0.4 is 20.1 Å². The highest BCUT2D eigenvalue weighted by Crippen LogP contribution is 2.35. The monoisotopic (exact) mass is 530 g/mol. The molecule has 206 valence electrons. The number of hydrogen-bond acceptors (Lipinski definition) is 8. The van der Waals surface area contributed by atoms with Gasteiger partial charge in [0, 0.05) is 70.0 Å². The Bertz CT molecular complexity index is 1310. The lowest BCUT2D eigenvalue weighted by Gasteiger charge is -2.32. The van der Waals surface area contributed by atoms with E-state index in [1.54, 1.807) is 43.6 Å². The van der Waals surface area contributed by atoms with Gasteiger partial charge in [0.15, 0.2) is 0 Å². The van der Waals surface area contributed by atoms with E-state index in [1.165, 1.54) is 0 Å². The molecular weight excluding hydrogens is 492 g/mol. The van der Waals surface area contributed by atoms with Crippen LogP contribution >= 0.6 is 0 Å². The number of amidine groups is 1. The van der Waals surface area contributed by atoms with Crippen LogP contribution in [0.2, 0.25) is 0 Å². The number of aliphatic imine (C=N–C) groups is 1. The molecule has 1 fully saturated rings. The van der Waals surface area contributed by atoms with Crippen molar-refractivity contribution >= 4 is 28.3 Å². The molecule has 0 bridgehead atoms. The minimum Gasteiger partial charge on any atom is -0.491 e. The maximum atomic E-state index is 12.5. The van der Waals surface area contributed by atoms with Crippen LogP contribution in [0.1, 0.15) is 23.7 Å². The molecule has 0 radical (unpaired) electrons. The summed E-state index contributed by atoms with van der Waals surface area (Å²) >= 11 is 0. The number of allylic oxidation sites excluding steroid dienone is 1. The third kappa shape index (κ3) is 7.55. The SMILES string of the molecule is C/C=C\C(=NC)NC(=O)c1ccc(Oc2ccnc3cc(OCCCN4CCN(C)CC4)c(NC)cc23)cc1. The van der Waals surface area contributed by atoms with E-state index < -0.39 is 0 Å². The summed E-state index contributed by atoms with van der Waals surface area (Å²) in [4.78, 5) is 26.0. The maximum Gasteiger partial charge on any atom is 0.256 e. The molecule has 9 heteroatoms. The molecule has 2 heterocycles. The van der Waals surface area contributed by atoms with Crippen LogP contribution in [0.4, 0.5) is 5.69 Å². The average molecular weight is 531 g/mol. The number of benzene rings is 2. The van der Waals surface area contributed by atoms with E-state index in [9.17, 15) is 4.79 Å². The molecule has 9 nitrogen and oxygen atoms in total. The highest BCUT2D eigenvalue weighted by Gasteiger charge is 2.14. The Hall–Kier alpha value is -3.95. The zero-order chi connectivity index (χ0) is 27.6. The van der Waals surface area contributed by atoms with E-state index >= 15 is 0 Å². The van der Waals surface area contributed by atoms with Gasteiger partial charge in [-0.1, -0.05) is 6.08 Å². The van der Waals surface area contributed by atoms with Gasteiger partial charge in [0.05, 0.1) is 17.8 Å². The van der Waals surface area contributed by atoms with Crippen LogP contribution in [-0.2, 0) is 0 Å². The number of nitrogens with zero attached hydrogens (tertiary/aromatic N) is 4. The van der Waals surface area contributed by atoms with E-state index in [-0.39, 0.29) is 5.91 Å². The van der Waals surface area contributed by atoms with Crippen molar-refractivity contribution < 1.29 is 14.3 Å². The summed E-state index contributed by atoms with van der Waals surface area (Å²) in [7, 11) is 5.69. The number of fused-ring (bicyclic) bond motifs is 1. The molecule has 2 aromatic carbocycles. The van der Waals surface area contributed by atoms with E-state index in [1.807, 2.05) is 38.2 Å². The van der Waals surface area contributed by atoms with Crippen molar-refractivity contribution in [1.82, 2.24) is 20.1 Å². The van der Waals surface area contributed by atoms with E-state index in [0.29, 0.717) is 29.5 Å². The molecule has 39 heavy (non-hydrogen) atoms. The van der Waals surface area contributed by atoms with Gasteiger partial charge in [0.25, 0.3) is 5.91 Å². The van der Waals surface area contributed by atoms with Crippen LogP contribution in [0.3, 0.4) is 0 Å². The summed E-state index contributed by atoms with van der Waals surface area (Å²) in [6.45, 7) is 8.02. The lowest BCUT2D eigenvalue weighted by atomic mass is 10.1. The molecule has 0 unspecified atom stereocenters. The Morgan fingerprint density at radius 3 is 2.56 bits per heavy atom. The summed E-state index contributed by atoms with van der Waals surface area (Å²) in [5.41, 5.74) is 2.17. The van der Waals surface area contributed by atoms with Crippen LogP contribution in [-0.4, -0.2) is 87.0 Å². The predicted octanol–water partition coefficient (Wildman–Crippen LogP) is 4.42. The zero-order valence-electron chi connectivity index (χ0n) is 23.2. The molecule has 0 spiro atoms. The van der Waals surface area contributed by atoms with Gasteiger partial charge >= 0.3 is 0 Å². The molecule has 0 saturated carbocycles. The lowest BCUT2D eigenvalue weighted by Crippen LogP contribution is -2.44. The summed E-state index contributed by atoms with van der Waals surface area (Å²) in [5, 5.41) is 6.89. The van der Waals surface area contributed by atoms with Crippen LogP contribution in [0.25, 0.3) is 10.9 Å². The average Bonchev–Trinajstić information content (AvgIpc) is 2.96. The zero-order valence-corrected chi connectivity index (χ0v) is 23.2. The van der Waals surface area contributed by atoms with Gasteiger partial charge in [0.1, 0.15) is 23.1 Å². The van der Waals surface area contributed by atoms with Gasteiger partial charge < -0.3 is 29.9 Å². The topological polar surface area (TPSA) is 91.3 Å². The first-order valence-electron chi connectivity index (χ1n) is 13.3. The molecule has 1 aliphatic rings. The standard InChI is InChI=1S/C30H38N6O3/c1-5-7-29(32-3)34-30(37)22-8-10-23(11-9-22)39-27-12-13-33-25-21-28(26(31-2)20-24(25)27)38-19-6-14-36-17-15-35(4)16-18-36/h5,7-13,20-21,31H,6,14-19H2,1-4H3,(H,32,34,37)/b7-5-. The second-order valence-corrected chi connectivity index (χ2v) is 9.46. The first-order valence-corrected chi connectivity index (χ1v) is 13.3. The number of nitrogens with one attached hydrogen (secondary N) is 2. The van der Waals surface area contributed by atoms with Gasteiger partial charge in [-0.15, -0.1) is 0 Å². The summed E-state index contributed by atoms with van der Waals surface area (Å²) in [6, 6.07) is 12.8. The largest absolute Gasteiger partial charge is 0.491 e. The molecule has 1 amide bonds. The lowest BCUT2D eigenvalue weighted by molar-refractivity contribution is 0.0977. The molecule has 2 N–H and O–H groups in total. The van der Waals surface area contributed by atoms with E-state index in [2.05, 4.69) is 37.5 Å². The van der Waals surface area contributed by atoms with E-state index in [0.717, 1.165) is 61.5 Å². The summed E-state index contributed by atoms with van der Waals surface area (Å²) in [6.07, 6.45) is 6.26. The highest BCUT2D eigenvalue weighted by molar-refractivity contribution is 6.10. The second kappa shape index (κ2) is 13.7. The number of anilines is 1. The summed E-state index contributed by atoms with van der Waals surface area (Å²) < 4.78 is 12.4. The van der Waals surface area contributed by atoms with Crippen molar-refractivity contribution in [2.75, 3.05) is 65.8 Å². The van der Waals surface area contributed by atoms with Crippen molar-refractivity contribution in [3.8, 4) is 17.2 Å². The molecule has 0 aliphatic carbocycles. The second-order valence-electron chi connectivity index (χ2n) is 9.46. The molecule has 1 aliphatic heterocycles. The first-order chi connectivity index (χ1) is 19.0. The van der Waals surface area contributed by atoms with Gasteiger partial charge in [-0.2, -0.15) is 0 Å². The van der Waals surface area contributed by atoms with Crippen LogP contribution in [0.5, 0.6) is 17.2 Å². The van der Waals surface area contributed by atoms with Gasteiger partial charge in [0.2, 0.25) is 0 Å². The smallest absolute Gasteiger partial charge is 0.256 e. The number of amides is 1. The Labute approximate surface area is 230 Å². The number of aromatic nitrogens is 1. The van der Waals surface area contributed by atoms with Gasteiger partial charge in [-0.3, -0.25) is 14.8 Å². The molecule has 3 aromatic rings. The number of pyridine rings is 1.